The van der Waals surface area contributed by atoms with Crippen molar-refractivity contribution in [1.29, 1.82) is 0 Å². The van der Waals surface area contributed by atoms with Crippen LogP contribution in [0.2, 0.25) is 5.02 Å². The van der Waals surface area contributed by atoms with Crippen LogP contribution in [0.5, 0.6) is 11.8 Å². The third kappa shape index (κ3) is 2.65. The van der Waals surface area contributed by atoms with Crippen LogP contribution in [-0.4, -0.2) is 44.1 Å². The fraction of sp³-hybridized carbons (Fsp3) is 0.412. The monoisotopic (exact) mass is 386 g/mol. The number of hydrogen-bond donors (Lipinski definition) is 3. The maximum absolute atomic E-state index is 6.61. The Morgan fingerprint density at radius 2 is 1.96 bits per heavy atom. The van der Waals surface area contributed by atoms with E-state index in [2.05, 4.69) is 29.8 Å². The summed E-state index contributed by atoms with van der Waals surface area (Å²) < 4.78 is 5.77. The minimum atomic E-state index is 0.177. The zero-order valence-corrected chi connectivity index (χ0v) is 15.4. The molecule has 0 spiro atoms. The zero-order valence-electron chi connectivity index (χ0n) is 14.7. The van der Waals surface area contributed by atoms with E-state index in [0.29, 0.717) is 34.3 Å². The number of anilines is 2. The third-order valence-electron chi connectivity index (χ3n) is 5.39. The molecule has 2 atom stereocenters. The number of ether oxygens (including phenoxy) is 1. The quantitative estimate of drug-likeness (QED) is 0.617. The molecule has 2 aliphatic rings. The van der Waals surface area contributed by atoms with E-state index in [0.717, 1.165) is 36.4 Å². The molecule has 3 aromatic heterocycles. The number of rotatable bonds is 4. The number of H-pyrrole nitrogens is 1. The summed E-state index contributed by atoms with van der Waals surface area (Å²) >= 11 is 6.61. The second-order valence-electron chi connectivity index (χ2n) is 7.01. The van der Waals surface area contributed by atoms with Gasteiger partial charge >= 0.3 is 6.01 Å². The molecule has 10 heteroatoms. The Morgan fingerprint density at radius 3 is 2.63 bits per heavy atom. The first-order valence-electron chi connectivity index (χ1n) is 8.89. The number of nitrogens with zero attached hydrogens (tertiary/aromatic N) is 5. The summed E-state index contributed by atoms with van der Waals surface area (Å²) in [7, 11) is 0. The maximum atomic E-state index is 6.61. The van der Waals surface area contributed by atoms with E-state index in [9.17, 15) is 0 Å². The summed E-state index contributed by atoms with van der Waals surface area (Å²) in [5, 5.41) is 1.49. The van der Waals surface area contributed by atoms with Crippen molar-refractivity contribution in [2.45, 2.75) is 19.4 Å². The number of nitrogen functional groups attached to an aromatic ring is 1. The van der Waals surface area contributed by atoms with Gasteiger partial charge in [0.15, 0.2) is 5.75 Å². The normalized spacial score (nSPS) is 23.7. The van der Waals surface area contributed by atoms with E-state index in [1.54, 1.807) is 0 Å². The molecule has 5 rings (SSSR count). The molecule has 0 aromatic carbocycles. The number of piperidine rings is 1. The van der Waals surface area contributed by atoms with Crippen LogP contribution in [0.25, 0.3) is 11.0 Å². The average Bonchev–Trinajstić information content (AvgIpc) is 3.02. The van der Waals surface area contributed by atoms with Gasteiger partial charge in [-0.25, -0.2) is 9.97 Å². The average molecular weight is 387 g/mol. The van der Waals surface area contributed by atoms with Gasteiger partial charge < -0.3 is 26.1 Å². The topological polar surface area (TPSA) is 132 Å². The minimum absolute atomic E-state index is 0.177. The van der Waals surface area contributed by atoms with Crippen LogP contribution >= 0.6 is 11.6 Å². The number of aryl methyl sites for hydroxylation is 1. The Labute approximate surface area is 160 Å². The van der Waals surface area contributed by atoms with Crippen LogP contribution in [0, 0.1) is 11.8 Å². The number of aromatic amines is 1. The summed E-state index contributed by atoms with van der Waals surface area (Å²) in [5.41, 5.74) is 13.2. The first kappa shape index (κ1) is 16.5. The van der Waals surface area contributed by atoms with E-state index < -0.39 is 0 Å². The molecular formula is C17H19ClN8O. The van der Waals surface area contributed by atoms with Crippen LogP contribution < -0.4 is 21.1 Å². The molecule has 140 valence electrons. The van der Waals surface area contributed by atoms with Gasteiger partial charge in [-0.15, -0.1) is 0 Å². The SMILES string of the molecule is CCc1[nH]c2nc(Oc3cnc(N)nc3)nc(N3CC4C(N)C4C3)c2c1Cl. The first-order valence-corrected chi connectivity index (χ1v) is 9.27. The molecule has 27 heavy (non-hydrogen) atoms. The van der Waals surface area contributed by atoms with Gasteiger partial charge in [-0.1, -0.05) is 18.5 Å². The largest absolute Gasteiger partial charge is 0.421 e. The highest BCUT2D eigenvalue weighted by Crippen LogP contribution is 2.47. The molecular weight excluding hydrogens is 368 g/mol. The fourth-order valence-corrected chi connectivity index (χ4v) is 4.17. The number of halogens is 1. The molecule has 0 amide bonds. The highest BCUT2D eigenvalue weighted by atomic mass is 35.5. The Bertz CT molecular complexity index is 1010. The van der Waals surface area contributed by atoms with Gasteiger partial charge in [0.2, 0.25) is 5.95 Å². The van der Waals surface area contributed by atoms with Gasteiger partial charge in [-0.05, 0) is 18.3 Å². The molecule has 5 N–H and O–H groups in total. The summed E-state index contributed by atoms with van der Waals surface area (Å²) in [4.78, 5) is 22.5. The summed E-state index contributed by atoms with van der Waals surface area (Å²) in [5.74, 6) is 2.40. The maximum Gasteiger partial charge on any atom is 0.326 e. The Balaban J connectivity index is 1.57. The van der Waals surface area contributed by atoms with Crippen LogP contribution in [0.3, 0.4) is 0 Å². The van der Waals surface area contributed by atoms with Gasteiger partial charge in [0.25, 0.3) is 0 Å². The van der Waals surface area contributed by atoms with Crippen molar-refractivity contribution in [3.63, 3.8) is 0 Å². The second kappa shape index (κ2) is 5.93. The van der Waals surface area contributed by atoms with Crippen LogP contribution in [0.1, 0.15) is 12.6 Å². The Morgan fingerprint density at radius 1 is 1.26 bits per heavy atom. The summed E-state index contributed by atoms with van der Waals surface area (Å²) in [6.45, 7) is 3.77. The molecule has 3 aromatic rings. The highest BCUT2D eigenvalue weighted by Gasteiger charge is 2.54. The number of fused-ring (bicyclic) bond motifs is 2. The summed E-state index contributed by atoms with van der Waals surface area (Å²) in [6.07, 6.45) is 3.74. The fourth-order valence-electron chi connectivity index (χ4n) is 3.82. The van der Waals surface area contributed by atoms with E-state index in [1.165, 1.54) is 12.4 Å². The van der Waals surface area contributed by atoms with Crippen molar-refractivity contribution in [1.82, 2.24) is 24.9 Å². The minimum Gasteiger partial charge on any atom is -0.421 e. The van der Waals surface area contributed by atoms with Gasteiger partial charge in [0.05, 0.1) is 22.8 Å². The smallest absolute Gasteiger partial charge is 0.326 e. The third-order valence-corrected chi connectivity index (χ3v) is 5.81. The van der Waals surface area contributed by atoms with Crippen molar-refractivity contribution < 1.29 is 4.74 Å². The molecule has 1 aliphatic heterocycles. The predicted octanol–water partition coefficient (Wildman–Crippen LogP) is 1.73. The summed E-state index contributed by atoms with van der Waals surface area (Å²) in [6, 6.07) is 0.505. The highest BCUT2D eigenvalue weighted by molar-refractivity contribution is 6.37. The lowest BCUT2D eigenvalue weighted by molar-refractivity contribution is 0.440. The van der Waals surface area contributed by atoms with E-state index >= 15 is 0 Å². The van der Waals surface area contributed by atoms with Crippen molar-refractivity contribution in [2.24, 2.45) is 17.6 Å². The van der Waals surface area contributed by atoms with Crippen molar-refractivity contribution in [3.8, 4) is 11.8 Å². The van der Waals surface area contributed by atoms with Gasteiger partial charge in [0.1, 0.15) is 11.5 Å². The Hall–Kier alpha value is -2.65. The van der Waals surface area contributed by atoms with Crippen LogP contribution in [0.4, 0.5) is 11.8 Å². The lowest BCUT2D eigenvalue weighted by atomic mass is 10.2. The van der Waals surface area contributed by atoms with Crippen LogP contribution in [-0.2, 0) is 6.42 Å². The molecule has 0 radical (unpaired) electrons. The van der Waals surface area contributed by atoms with E-state index in [-0.39, 0.29) is 12.0 Å². The van der Waals surface area contributed by atoms with Gasteiger partial charge in [0, 0.05) is 24.8 Å². The number of nitrogens with two attached hydrogens (primary N) is 2. The molecule has 2 fully saturated rings. The van der Waals surface area contributed by atoms with E-state index in [1.807, 2.05) is 6.92 Å². The lowest BCUT2D eigenvalue weighted by Crippen LogP contribution is -2.29. The molecule has 1 aliphatic carbocycles. The van der Waals surface area contributed by atoms with Crippen LogP contribution in [0.15, 0.2) is 12.4 Å². The lowest BCUT2D eigenvalue weighted by Gasteiger charge is -2.21. The van der Waals surface area contributed by atoms with Crippen molar-refractivity contribution in [3.05, 3.63) is 23.1 Å². The number of aromatic nitrogens is 5. The molecule has 2 unspecified atom stereocenters. The standard InChI is InChI=1S/C17H19ClN8O/c1-2-10-12(18)11-14(23-10)24-17(27-7-3-21-16(20)22-4-7)25-15(11)26-5-8-9(6-26)13(8)19/h3-4,8-9,13H,2,5-6,19H2,1H3,(H2,20,21,22)(H,23,24,25). The van der Waals surface area contributed by atoms with Gasteiger partial charge in [-0.2, -0.15) is 9.97 Å². The Kier molecular flexibility index (Phi) is 3.63. The molecule has 1 saturated heterocycles. The zero-order chi connectivity index (χ0) is 18.7. The molecule has 1 saturated carbocycles. The predicted molar refractivity (Wildman–Crippen MR) is 102 cm³/mol. The number of hydrogen-bond acceptors (Lipinski definition) is 8. The molecule has 0 bridgehead atoms. The number of nitrogens with one attached hydrogen (secondary N) is 1. The first-order chi connectivity index (χ1) is 13.0. The van der Waals surface area contributed by atoms with Gasteiger partial charge in [-0.3, -0.25) is 0 Å². The van der Waals surface area contributed by atoms with Crippen molar-refractivity contribution in [2.75, 3.05) is 23.7 Å². The van der Waals surface area contributed by atoms with E-state index in [4.69, 9.17) is 27.8 Å². The molecule has 9 nitrogen and oxygen atoms in total. The molecule has 4 heterocycles. The second-order valence-corrected chi connectivity index (χ2v) is 7.39. The van der Waals surface area contributed by atoms with Crippen molar-refractivity contribution >= 4 is 34.4 Å².